The lowest BCUT2D eigenvalue weighted by Gasteiger charge is -2.25. The Morgan fingerprint density at radius 2 is 2.00 bits per heavy atom. The molecule has 28 heavy (non-hydrogen) atoms. The van der Waals surface area contributed by atoms with E-state index in [1.807, 2.05) is 17.4 Å². The minimum absolute atomic E-state index is 0.767. The minimum Gasteiger partial charge on any atom is -0.493 e. The van der Waals surface area contributed by atoms with E-state index in [0.29, 0.717) is 0 Å². The summed E-state index contributed by atoms with van der Waals surface area (Å²) in [5.41, 5.74) is 3.99. The summed E-state index contributed by atoms with van der Waals surface area (Å²) in [7, 11) is 3.36. The number of thiophene rings is 1. The van der Waals surface area contributed by atoms with Crippen LogP contribution in [0.2, 0.25) is 0 Å². The molecule has 4 nitrogen and oxygen atoms in total. The summed E-state index contributed by atoms with van der Waals surface area (Å²) in [5, 5.41) is 3.40. The first-order valence-electron chi connectivity index (χ1n) is 9.95. The Bertz CT molecular complexity index is 943. The summed E-state index contributed by atoms with van der Waals surface area (Å²) in [4.78, 5) is 7.38. The molecule has 1 aliphatic rings. The Morgan fingerprint density at radius 1 is 1.14 bits per heavy atom. The smallest absolute Gasteiger partial charge is 0.162 e. The van der Waals surface area contributed by atoms with Crippen molar-refractivity contribution in [3.8, 4) is 11.5 Å². The van der Waals surface area contributed by atoms with Gasteiger partial charge in [-0.25, -0.2) is 0 Å². The standard InChI is InChI=1S/C23H28N2O2S/c1-26-21-14-19-18(16-24-20(19)15-22(21)27-2)6-3-4-10-25-11-8-17(9-12-25)23-7-5-13-28-23/h5,7-8,13-16,24H,3-4,6,9-12H2,1-2H3. The average molecular weight is 397 g/mol. The first-order valence-corrected chi connectivity index (χ1v) is 10.8. The zero-order valence-corrected chi connectivity index (χ0v) is 17.5. The topological polar surface area (TPSA) is 37.5 Å². The van der Waals surface area contributed by atoms with Crippen molar-refractivity contribution in [1.82, 2.24) is 9.88 Å². The van der Waals surface area contributed by atoms with Crippen molar-refractivity contribution in [3.05, 3.63) is 52.4 Å². The van der Waals surface area contributed by atoms with E-state index in [2.05, 4.69) is 45.7 Å². The third-order valence-electron chi connectivity index (χ3n) is 5.57. The highest BCUT2D eigenvalue weighted by molar-refractivity contribution is 7.11. The Kier molecular flexibility index (Phi) is 6.03. The van der Waals surface area contributed by atoms with Crippen molar-refractivity contribution in [2.45, 2.75) is 25.7 Å². The molecule has 0 radical (unpaired) electrons. The van der Waals surface area contributed by atoms with Gasteiger partial charge in [0.05, 0.1) is 14.2 Å². The molecule has 0 fully saturated rings. The predicted octanol–water partition coefficient (Wildman–Crippen LogP) is 5.36. The largest absolute Gasteiger partial charge is 0.493 e. The van der Waals surface area contributed by atoms with Crippen molar-refractivity contribution in [2.75, 3.05) is 33.9 Å². The van der Waals surface area contributed by atoms with Crippen LogP contribution in [0.3, 0.4) is 0 Å². The maximum Gasteiger partial charge on any atom is 0.162 e. The number of ether oxygens (including phenoxy) is 2. The number of hydrogen-bond donors (Lipinski definition) is 1. The molecular formula is C23H28N2O2S. The molecule has 0 amide bonds. The van der Waals surface area contributed by atoms with E-state index in [9.17, 15) is 0 Å². The van der Waals surface area contributed by atoms with Crippen molar-refractivity contribution in [2.24, 2.45) is 0 Å². The number of rotatable bonds is 8. The van der Waals surface area contributed by atoms with Gasteiger partial charge in [-0.2, -0.15) is 0 Å². The maximum atomic E-state index is 5.46. The molecule has 0 atom stereocenters. The fraction of sp³-hybridized carbons (Fsp3) is 0.391. The van der Waals surface area contributed by atoms with Crippen molar-refractivity contribution < 1.29 is 9.47 Å². The summed E-state index contributed by atoms with van der Waals surface area (Å²) in [5.74, 6) is 1.56. The van der Waals surface area contributed by atoms with Crippen molar-refractivity contribution in [1.29, 1.82) is 0 Å². The Balaban J connectivity index is 1.29. The van der Waals surface area contributed by atoms with Crippen LogP contribution in [0.15, 0.2) is 41.9 Å². The second-order valence-electron chi connectivity index (χ2n) is 7.28. The van der Waals surface area contributed by atoms with Gasteiger partial charge in [0.2, 0.25) is 0 Å². The fourth-order valence-corrected chi connectivity index (χ4v) is 4.76. The van der Waals surface area contributed by atoms with Gasteiger partial charge in [0.25, 0.3) is 0 Å². The molecule has 1 N–H and O–H groups in total. The molecule has 0 unspecified atom stereocenters. The number of H-pyrrole nitrogens is 1. The van der Waals surface area contributed by atoms with Crippen LogP contribution in [-0.2, 0) is 6.42 Å². The molecule has 1 aromatic carbocycles. The van der Waals surface area contributed by atoms with Crippen LogP contribution in [-0.4, -0.2) is 43.7 Å². The van der Waals surface area contributed by atoms with Gasteiger partial charge >= 0.3 is 0 Å². The normalized spacial score (nSPS) is 15.0. The Hall–Kier alpha value is -2.24. The van der Waals surface area contributed by atoms with E-state index < -0.39 is 0 Å². The molecule has 0 bridgehead atoms. The number of fused-ring (bicyclic) bond motifs is 1. The van der Waals surface area contributed by atoms with E-state index in [0.717, 1.165) is 30.0 Å². The minimum atomic E-state index is 0.767. The number of benzene rings is 1. The SMILES string of the molecule is COc1cc2[nH]cc(CCCCN3CC=C(c4cccs4)CC3)c2cc1OC. The highest BCUT2D eigenvalue weighted by Gasteiger charge is 2.14. The van der Waals surface area contributed by atoms with Gasteiger partial charge in [-0.3, -0.25) is 4.90 Å². The molecule has 0 saturated carbocycles. The average Bonchev–Trinajstić information content (AvgIpc) is 3.40. The van der Waals surface area contributed by atoms with Crippen molar-refractivity contribution >= 4 is 27.8 Å². The van der Waals surface area contributed by atoms with Gasteiger partial charge in [-0.1, -0.05) is 12.1 Å². The third kappa shape index (κ3) is 4.10. The first kappa shape index (κ1) is 19.1. The molecule has 2 aromatic heterocycles. The molecule has 0 aliphatic carbocycles. The number of aromatic nitrogens is 1. The zero-order valence-electron chi connectivity index (χ0n) is 16.7. The number of aromatic amines is 1. The summed E-state index contributed by atoms with van der Waals surface area (Å²) < 4.78 is 10.9. The summed E-state index contributed by atoms with van der Waals surface area (Å²) >= 11 is 1.85. The van der Waals surface area contributed by atoms with Crippen LogP contribution in [0.1, 0.15) is 29.7 Å². The van der Waals surface area contributed by atoms with Gasteiger partial charge in [0.1, 0.15) is 0 Å². The Labute approximate surface area is 170 Å². The highest BCUT2D eigenvalue weighted by Crippen LogP contribution is 2.33. The maximum absolute atomic E-state index is 5.46. The lowest BCUT2D eigenvalue weighted by atomic mass is 10.0. The monoisotopic (exact) mass is 396 g/mol. The van der Waals surface area contributed by atoms with Gasteiger partial charge in [-0.15, -0.1) is 11.3 Å². The molecule has 5 heteroatoms. The fourth-order valence-electron chi connectivity index (χ4n) is 3.96. The van der Waals surface area contributed by atoms with Crippen LogP contribution < -0.4 is 9.47 Å². The number of methoxy groups -OCH3 is 2. The van der Waals surface area contributed by atoms with Gasteiger partial charge in [0, 0.05) is 41.1 Å². The number of unbranched alkanes of at least 4 members (excludes halogenated alkanes) is 1. The van der Waals surface area contributed by atoms with E-state index in [1.54, 1.807) is 14.2 Å². The molecule has 0 saturated heterocycles. The van der Waals surface area contributed by atoms with E-state index in [4.69, 9.17) is 9.47 Å². The second-order valence-corrected chi connectivity index (χ2v) is 8.23. The van der Waals surface area contributed by atoms with Crippen LogP contribution in [0.5, 0.6) is 11.5 Å². The van der Waals surface area contributed by atoms with E-state index >= 15 is 0 Å². The summed E-state index contributed by atoms with van der Waals surface area (Å²) in [6.45, 7) is 3.43. The lowest BCUT2D eigenvalue weighted by Crippen LogP contribution is -2.29. The molecule has 1 aliphatic heterocycles. The molecule has 148 valence electrons. The predicted molar refractivity (Wildman–Crippen MR) is 118 cm³/mol. The third-order valence-corrected chi connectivity index (χ3v) is 6.52. The van der Waals surface area contributed by atoms with Gasteiger partial charge < -0.3 is 14.5 Å². The van der Waals surface area contributed by atoms with Gasteiger partial charge in [0.15, 0.2) is 11.5 Å². The zero-order chi connectivity index (χ0) is 19.3. The first-order chi connectivity index (χ1) is 13.8. The molecule has 4 rings (SSSR count). The van der Waals surface area contributed by atoms with Crippen LogP contribution in [0.25, 0.3) is 16.5 Å². The van der Waals surface area contributed by atoms with Gasteiger partial charge in [-0.05, 0) is 60.9 Å². The number of nitrogens with one attached hydrogen (secondary N) is 1. The Morgan fingerprint density at radius 3 is 2.71 bits per heavy atom. The van der Waals surface area contributed by atoms with Crippen LogP contribution in [0.4, 0.5) is 0 Å². The van der Waals surface area contributed by atoms with Crippen LogP contribution in [0, 0.1) is 0 Å². The quantitative estimate of drug-likeness (QED) is 0.521. The number of aryl methyl sites for hydroxylation is 1. The van der Waals surface area contributed by atoms with Crippen molar-refractivity contribution in [3.63, 3.8) is 0 Å². The molecule has 3 aromatic rings. The lowest BCUT2D eigenvalue weighted by molar-refractivity contribution is 0.295. The number of hydrogen-bond acceptors (Lipinski definition) is 4. The summed E-state index contributed by atoms with van der Waals surface area (Å²) in [6.07, 6.45) is 9.21. The number of nitrogens with zero attached hydrogens (tertiary/aromatic N) is 1. The molecule has 3 heterocycles. The molecule has 0 spiro atoms. The highest BCUT2D eigenvalue weighted by atomic mass is 32.1. The second kappa shape index (κ2) is 8.84. The molecular weight excluding hydrogens is 368 g/mol. The van der Waals surface area contributed by atoms with E-state index in [-0.39, 0.29) is 0 Å². The van der Waals surface area contributed by atoms with Crippen LogP contribution >= 0.6 is 11.3 Å². The van der Waals surface area contributed by atoms with E-state index in [1.165, 1.54) is 53.8 Å². The summed E-state index contributed by atoms with van der Waals surface area (Å²) in [6, 6.07) is 8.48.